The molecule has 2 fully saturated rings. The van der Waals surface area contributed by atoms with E-state index in [2.05, 4.69) is 37.3 Å². The van der Waals surface area contributed by atoms with Gasteiger partial charge in [-0.15, -0.1) is 0 Å². The molecule has 2 bridgehead atoms. The maximum Gasteiger partial charge on any atom is 0.173 e. The monoisotopic (exact) mass is 232 g/mol. The summed E-state index contributed by atoms with van der Waals surface area (Å²) in [5.74, 6) is -0.328. The number of benzene rings is 1. The highest BCUT2D eigenvalue weighted by Crippen LogP contribution is 2.42. The Hall–Kier alpha value is -0.860. The topological polar surface area (TPSA) is 18.5 Å². The lowest BCUT2D eigenvalue weighted by Crippen LogP contribution is -2.36. The van der Waals surface area contributed by atoms with Crippen LogP contribution >= 0.6 is 0 Å². The Bertz CT molecular complexity index is 376. The molecule has 0 amide bonds. The molecule has 2 heteroatoms. The molecular weight excluding hydrogens is 212 g/mol. The first-order chi connectivity index (χ1) is 8.31. The largest absolute Gasteiger partial charge is 0.344 e. The van der Waals surface area contributed by atoms with E-state index < -0.39 is 0 Å². The van der Waals surface area contributed by atoms with Crippen LogP contribution in [-0.2, 0) is 15.9 Å². The second kappa shape index (κ2) is 4.43. The molecule has 92 valence electrons. The fourth-order valence-electron chi connectivity index (χ4n) is 3.09. The fourth-order valence-corrected chi connectivity index (χ4v) is 3.09. The van der Waals surface area contributed by atoms with Crippen LogP contribution in [0.25, 0.3) is 0 Å². The molecule has 3 rings (SSSR count). The van der Waals surface area contributed by atoms with Gasteiger partial charge in [-0.1, -0.05) is 37.3 Å². The minimum atomic E-state index is -0.328. The van der Waals surface area contributed by atoms with Crippen LogP contribution < -0.4 is 0 Å². The van der Waals surface area contributed by atoms with Gasteiger partial charge in [-0.05, 0) is 24.8 Å². The van der Waals surface area contributed by atoms with Crippen LogP contribution in [0.15, 0.2) is 30.3 Å². The van der Waals surface area contributed by atoms with Gasteiger partial charge in [0, 0.05) is 12.8 Å². The minimum absolute atomic E-state index is 0.307. The van der Waals surface area contributed by atoms with Crippen LogP contribution in [0.5, 0.6) is 0 Å². The summed E-state index contributed by atoms with van der Waals surface area (Å²) in [6.07, 6.45) is 6.01. The summed E-state index contributed by atoms with van der Waals surface area (Å²) in [4.78, 5) is 0. The highest BCUT2D eigenvalue weighted by molar-refractivity contribution is 5.17. The van der Waals surface area contributed by atoms with Crippen LogP contribution in [-0.4, -0.2) is 18.0 Å². The van der Waals surface area contributed by atoms with E-state index in [1.165, 1.54) is 12.0 Å². The Labute approximate surface area is 103 Å². The van der Waals surface area contributed by atoms with E-state index in [9.17, 15) is 0 Å². The maximum atomic E-state index is 6.20. The molecule has 2 nitrogen and oxygen atoms in total. The van der Waals surface area contributed by atoms with Gasteiger partial charge in [0.2, 0.25) is 0 Å². The zero-order chi connectivity index (χ0) is 11.7. The number of hydrogen-bond donors (Lipinski definition) is 0. The molecule has 0 spiro atoms. The summed E-state index contributed by atoms with van der Waals surface area (Å²) in [7, 11) is 0. The molecule has 3 unspecified atom stereocenters. The summed E-state index contributed by atoms with van der Waals surface area (Å²) in [5, 5.41) is 0. The molecule has 0 N–H and O–H groups in total. The summed E-state index contributed by atoms with van der Waals surface area (Å²) in [6.45, 7) is 2.19. The number of fused-ring (bicyclic) bond motifs is 2. The molecule has 0 saturated carbocycles. The summed E-state index contributed by atoms with van der Waals surface area (Å²) < 4.78 is 12.4. The summed E-state index contributed by atoms with van der Waals surface area (Å²) >= 11 is 0. The quantitative estimate of drug-likeness (QED) is 0.796. The van der Waals surface area contributed by atoms with Crippen molar-refractivity contribution in [2.24, 2.45) is 0 Å². The first-order valence-electron chi connectivity index (χ1n) is 6.71. The van der Waals surface area contributed by atoms with E-state index in [0.29, 0.717) is 12.2 Å². The van der Waals surface area contributed by atoms with Crippen LogP contribution in [0.3, 0.4) is 0 Å². The Morgan fingerprint density at radius 3 is 2.82 bits per heavy atom. The molecule has 0 radical (unpaired) electrons. The molecule has 2 heterocycles. The van der Waals surface area contributed by atoms with Crippen molar-refractivity contribution in [2.45, 2.75) is 57.0 Å². The first-order valence-corrected chi connectivity index (χ1v) is 6.71. The van der Waals surface area contributed by atoms with Gasteiger partial charge >= 0.3 is 0 Å². The number of rotatable bonds is 3. The van der Waals surface area contributed by atoms with Crippen molar-refractivity contribution in [3.05, 3.63) is 35.9 Å². The maximum absolute atomic E-state index is 6.20. The highest BCUT2D eigenvalue weighted by atomic mass is 16.8. The van der Waals surface area contributed by atoms with Crippen LogP contribution in [0.1, 0.15) is 38.2 Å². The van der Waals surface area contributed by atoms with Crippen molar-refractivity contribution < 1.29 is 9.47 Å². The van der Waals surface area contributed by atoms with Crippen molar-refractivity contribution in [3.63, 3.8) is 0 Å². The molecule has 3 atom stereocenters. The zero-order valence-corrected chi connectivity index (χ0v) is 10.4. The van der Waals surface area contributed by atoms with E-state index in [0.717, 1.165) is 25.7 Å². The van der Waals surface area contributed by atoms with Crippen LogP contribution in [0.2, 0.25) is 0 Å². The standard InChI is InChI=1S/C15H20O2/c1-2-13-14-9-6-10-15(16-13,17-14)11-12-7-4-3-5-8-12/h3-5,7-8,13-14H,2,6,9-11H2,1H3. The highest BCUT2D eigenvalue weighted by Gasteiger charge is 2.49. The smallest absolute Gasteiger partial charge is 0.173 e. The second-order valence-corrected chi connectivity index (χ2v) is 5.19. The molecule has 1 aromatic carbocycles. The second-order valence-electron chi connectivity index (χ2n) is 5.19. The molecular formula is C15H20O2. The zero-order valence-electron chi connectivity index (χ0n) is 10.4. The molecule has 2 aliphatic rings. The molecule has 1 aromatic rings. The fraction of sp³-hybridized carbons (Fsp3) is 0.600. The van der Waals surface area contributed by atoms with Gasteiger partial charge in [-0.2, -0.15) is 0 Å². The average molecular weight is 232 g/mol. The van der Waals surface area contributed by atoms with Crippen molar-refractivity contribution in [2.75, 3.05) is 0 Å². The molecule has 0 aromatic heterocycles. The van der Waals surface area contributed by atoms with Crippen LogP contribution in [0.4, 0.5) is 0 Å². The van der Waals surface area contributed by atoms with Gasteiger partial charge in [0.25, 0.3) is 0 Å². The average Bonchev–Trinajstić information content (AvgIpc) is 2.61. The van der Waals surface area contributed by atoms with E-state index in [1.54, 1.807) is 0 Å². The first kappa shape index (κ1) is 11.2. The molecule has 0 aliphatic carbocycles. The third kappa shape index (κ3) is 2.12. The Morgan fingerprint density at radius 1 is 1.24 bits per heavy atom. The predicted molar refractivity (Wildman–Crippen MR) is 66.8 cm³/mol. The van der Waals surface area contributed by atoms with Gasteiger partial charge in [-0.25, -0.2) is 0 Å². The summed E-state index contributed by atoms with van der Waals surface area (Å²) in [6, 6.07) is 10.5. The number of hydrogen-bond acceptors (Lipinski definition) is 2. The SMILES string of the molecule is CCC1OC2(Cc3ccccc3)CCCC1O2. The minimum Gasteiger partial charge on any atom is -0.344 e. The van der Waals surface area contributed by atoms with E-state index in [-0.39, 0.29) is 5.79 Å². The van der Waals surface area contributed by atoms with Crippen molar-refractivity contribution in [1.29, 1.82) is 0 Å². The Balaban J connectivity index is 1.78. The number of ether oxygens (including phenoxy) is 2. The molecule has 2 saturated heterocycles. The summed E-state index contributed by atoms with van der Waals surface area (Å²) in [5.41, 5.74) is 1.31. The lowest BCUT2D eigenvalue weighted by molar-refractivity contribution is -0.192. The van der Waals surface area contributed by atoms with E-state index >= 15 is 0 Å². The van der Waals surface area contributed by atoms with Gasteiger partial charge in [0.15, 0.2) is 5.79 Å². The normalized spacial score (nSPS) is 36.1. The molecule has 17 heavy (non-hydrogen) atoms. The van der Waals surface area contributed by atoms with Crippen LogP contribution in [0, 0.1) is 0 Å². The van der Waals surface area contributed by atoms with E-state index in [4.69, 9.17) is 9.47 Å². The Kier molecular flexibility index (Phi) is 2.93. The Morgan fingerprint density at radius 2 is 2.06 bits per heavy atom. The van der Waals surface area contributed by atoms with Crippen molar-refractivity contribution in [1.82, 2.24) is 0 Å². The van der Waals surface area contributed by atoms with Crippen molar-refractivity contribution >= 4 is 0 Å². The predicted octanol–water partition coefficient (Wildman–Crippen LogP) is 3.30. The van der Waals surface area contributed by atoms with Gasteiger partial charge < -0.3 is 9.47 Å². The van der Waals surface area contributed by atoms with Crippen molar-refractivity contribution in [3.8, 4) is 0 Å². The third-order valence-electron chi connectivity index (χ3n) is 3.91. The van der Waals surface area contributed by atoms with E-state index in [1.807, 2.05) is 0 Å². The van der Waals surface area contributed by atoms with Gasteiger partial charge in [0.05, 0.1) is 12.2 Å². The molecule has 2 aliphatic heterocycles. The lowest BCUT2D eigenvalue weighted by Gasteiger charge is -2.31. The lowest BCUT2D eigenvalue weighted by atomic mass is 9.96. The van der Waals surface area contributed by atoms with Gasteiger partial charge in [-0.3, -0.25) is 0 Å². The van der Waals surface area contributed by atoms with Gasteiger partial charge in [0.1, 0.15) is 0 Å². The third-order valence-corrected chi connectivity index (χ3v) is 3.91.